The number of carbonyl (C=O) groups excluding carboxylic acids is 1. The molecule has 0 saturated carbocycles. The Morgan fingerprint density at radius 1 is 1.35 bits per heavy atom. The number of aromatic nitrogens is 3. The summed E-state index contributed by atoms with van der Waals surface area (Å²) in [7, 11) is 0. The summed E-state index contributed by atoms with van der Waals surface area (Å²) in [6.07, 6.45) is 0.693. The van der Waals surface area contributed by atoms with Gasteiger partial charge in [0.25, 0.3) is 0 Å². The maximum atomic E-state index is 12.7. The number of imidazole rings is 1. The fourth-order valence-electron chi connectivity index (χ4n) is 2.77. The van der Waals surface area contributed by atoms with E-state index < -0.39 is 0 Å². The molecule has 1 unspecified atom stereocenters. The lowest BCUT2D eigenvalue weighted by Crippen LogP contribution is -2.25. The summed E-state index contributed by atoms with van der Waals surface area (Å²) in [4.78, 5) is 17.4. The van der Waals surface area contributed by atoms with Crippen molar-refractivity contribution in [3.8, 4) is 0 Å². The normalized spacial score (nSPS) is 12.7. The molecule has 1 aromatic carbocycles. The summed E-state index contributed by atoms with van der Waals surface area (Å²) in [5.41, 5.74) is 2.06. The van der Waals surface area contributed by atoms with E-state index in [1.807, 2.05) is 25.1 Å². The highest BCUT2D eigenvalue weighted by Crippen LogP contribution is 2.30. The van der Waals surface area contributed by atoms with E-state index in [9.17, 15) is 4.79 Å². The minimum absolute atomic E-state index is 0.0889. The minimum Gasteiger partial charge on any atom is -0.360 e. The monoisotopic (exact) mass is 372 g/mol. The van der Waals surface area contributed by atoms with Gasteiger partial charge in [-0.15, -0.1) is 0 Å². The Bertz CT molecular complexity index is 900. The third-order valence-corrected chi connectivity index (χ3v) is 5.31. The number of aryl methyl sites for hydroxylation is 1. The van der Waals surface area contributed by atoms with Crippen molar-refractivity contribution in [3.05, 3.63) is 36.1 Å². The molecule has 138 valence electrons. The Hall–Kier alpha value is -2.28. The zero-order chi connectivity index (χ0) is 18.7. The number of amides is 1. The van der Waals surface area contributed by atoms with Gasteiger partial charge in [-0.05, 0) is 31.4 Å². The van der Waals surface area contributed by atoms with E-state index in [0.717, 1.165) is 22.7 Å². The largest absolute Gasteiger partial charge is 0.360 e. The second-order valence-corrected chi connectivity index (χ2v) is 7.88. The zero-order valence-electron chi connectivity index (χ0n) is 15.5. The number of carbonyl (C=O) groups is 1. The molecule has 0 bridgehead atoms. The van der Waals surface area contributed by atoms with Crippen LogP contribution in [0.2, 0.25) is 0 Å². The van der Waals surface area contributed by atoms with Crippen LogP contribution in [0.25, 0.3) is 11.0 Å². The van der Waals surface area contributed by atoms with Gasteiger partial charge in [-0.25, -0.2) is 4.98 Å². The summed E-state index contributed by atoms with van der Waals surface area (Å²) in [6, 6.07) is 9.80. The van der Waals surface area contributed by atoms with Crippen molar-refractivity contribution in [3.63, 3.8) is 0 Å². The summed E-state index contributed by atoms with van der Waals surface area (Å²) >= 11 is 1.50. The highest BCUT2D eigenvalue weighted by Gasteiger charge is 2.23. The van der Waals surface area contributed by atoms with Crippen LogP contribution in [0, 0.1) is 12.8 Å². The van der Waals surface area contributed by atoms with Crippen molar-refractivity contribution in [2.75, 3.05) is 5.32 Å². The number of fused-ring (bicyclic) bond motifs is 1. The van der Waals surface area contributed by atoms with Crippen LogP contribution in [0.1, 0.15) is 33.0 Å². The van der Waals surface area contributed by atoms with E-state index in [-0.39, 0.29) is 11.2 Å². The number of rotatable bonds is 7. The number of nitrogens with one attached hydrogen (secondary N) is 1. The molecule has 0 saturated heterocycles. The first-order chi connectivity index (χ1) is 12.5. The fraction of sp³-hybridized carbons (Fsp3) is 0.421. The first kappa shape index (κ1) is 18.5. The molecule has 0 fully saturated rings. The summed E-state index contributed by atoms with van der Waals surface area (Å²) < 4.78 is 7.22. The first-order valence-corrected chi connectivity index (χ1v) is 9.72. The molecule has 7 heteroatoms. The predicted octanol–water partition coefficient (Wildman–Crippen LogP) is 4.50. The van der Waals surface area contributed by atoms with Crippen molar-refractivity contribution >= 4 is 34.5 Å². The molecule has 2 aromatic heterocycles. The van der Waals surface area contributed by atoms with Crippen LogP contribution >= 0.6 is 11.8 Å². The van der Waals surface area contributed by atoms with Crippen LogP contribution in [0.5, 0.6) is 0 Å². The quantitative estimate of drug-likeness (QED) is 0.618. The molecular formula is C19H24N4O2S. The molecule has 0 aliphatic carbocycles. The maximum Gasteiger partial charge on any atom is 0.239 e. The van der Waals surface area contributed by atoms with Crippen molar-refractivity contribution in [2.24, 2.45) is 5.92 Å². The molecule has 6 nitrogen and oxygen atoms in total. The third kappa shape index (κ3) is 4.09. The van der Waals surface area contributed by atoms with E-state index in [4.69, 9.17) is 9.51 Å². The number of hydrogen-bond donors (Lipinski definition) is 1. The number of thioether (sulfide) groups is 1. The molecule has 26 heavy (non-hydrogen) atoms. The lowest BCUT2D eigenvalue weighted by atomic mass is 10.2. The van der Waals surface area contributed by atoms with Crippen LogP contribution < -0.4 is 5.32 Å². The second-order valence-electron chi connectivity index (χ2n) is 6.71. The van der Waals surface area contributed by atoms with Gasteiger partial charge >= 0.3 is 0 Å². The smallest absolute Gasteiger partial charge is 0.239 e. The lowest BCUT2D eigenvalue weighted by Gasteiger charge is -2.16. The summed E-state index contributed by atoms with van der Waals surface area (Å²) in [5.74, 6) is 1.51. The fourth-order valence-corrected chi connectivity index (χ4v) is 3.80. The first-order valence-electron chi connectivity index (χ1n) is 8.84. The molecular weight excluding hydrogens is 348 g/mol. The molecule has 1 N–H and O–H groups in total. The summed E-state index contributed by atoms with van der Waals surface area (Å²) in [5, 5.41) is 7.28. The topological polar surface area (TPSA) is 73.0 Å². The standard InChI is InChI=1S/C19H24N4O2S/c1-5-16(18(24)21-17-10-13(4)25-22-17)26-19-20-14-8-6-7-9-15(14)23(19)11-12(2)3/h6-10,12,16H,5,11H2,1-4H3,(H,21,22,24). The van der Waals surface area contributed by atoms with Gasteiger partial charge < -0.3 is 14.4 Å². The van der Waals surface area contributed by atoms with Gasteiger partial charge in [0.1, 0.15) is 5.76 Å². The molecule has 3 rings (SSSR count). The predicted molar refractivity (Wildman–Crippen MR) is 104 cm³/mol. The Labute approximate surface area is 157 Å². The van der Waals surface area contributed by atoms with E-state index in [1.54, 1.807) is 13.0 Å². The van der Waals surface area contributed by atoms with E-state index in [1.165, 1.54) is 11.8 Å². The van der Waals surface area contributed by atoms with Gasteiger partial charge in [-0.2, -0.15) is 0 Å². The molecule has 1 amide bonds. The number of hydrogen-bond acceptors (Lipinski definition) is 5. The molecule has 0 radical (unpaired) electrons. The van der Waals surface area contributed by atoms with Crippen molar-refractivity contribution in [1.82, 2.24) is 14.7 Å². The zero-order valence-corrected chi connectivity index (χ0v) is 16.3. The Balaban J connectivity index is 1.84. The number of para-hydroxylation sites is 2. The number of anilines is 1. The Kier molecular flexibility index (Phi) is 5.66. The molecule has 0 spiro atoms. The van der Waals surface area contributed by atoms with E-state index in [0.29, 0.717) is 23.9 Å². The van der Waals surface area contributed by atoms with Crippen LogP contribution in [0.3, 0.4) is 0 Å². The van der Waals surface area contributed by atoms with Crippen molar-refractivity contribution in [1.29, 1.82) is 0 Å². The van der Waals surface area contributed by atoms with Crippen LogP contribution in [0.4, 0.5) is 5.82 Å². The van der Waals surface area contributed by atoms with Crippen LogP contribution in [-0.2, 0) is 11.3 Å². The SMILES string of the molecule is CCC(Sc1nc2ccccc2n1CC(C)C)C(=O)Nc1cc(C)on1. The molecule has 3 aromatic rings. The molecule has 0 aliphatic heterocycles. The molecule has 0 aliphatic rings. The Morgan fingerprint density at radius 2 is 2.12 bits per heavy atom. The maximum absolute atomic E-state index is 12.7. The highest BCUT2D eigenvalue weighted by molar-refractivity contribution is 8.00. The highest BCUT2D eigenvalue weighted by atomic mass is 32.2. The Morgan fingerprint density at radius 3 is 2.77 bits per heavy atom. The van der Waals surface area contributed by atoms with E-state index in [2.05, 4.69) is 35.0 Å². The molecule has 1 atom stereocenters. The second kappa shape index (κ2) is 7.95. The number of nitrogens with zero attached hydrogens (tertiary/aromatic N) is 3. The van der Waals surface area contributed by atoms with Crippen molar-refractivity contribution < 1.29 is 9.32 Å². The number of benzene rings is 1. The summed E-state index contributed by atoms with van der Waals surface area (Å²) in [6.45, 7) is 9.02. The van der Waals surface area contributed by atoms with Gasteiger partial charge in [-0.3, -0.25) is 4.79 Å². The van der Waals surface area contributed by atoms with Crippen LogP contribution in [0.15, 0.2) is 40.0 Å². The van der Waals surface area contributed by atoms with Gasteiger partial charge in [0.2, 0.25) is 5.91 Å². The van der Waals surface area contributed by atoms with Crippen LogP contribution in [-0.4, -0.2) is 25.9 Å². The lowest BCUT2D eigenvalue weighted by molar-refractivity contribution is -0.115. The van der Waals surface area contributed by atoms with Crippen molar-refractivity contribution in [2.45, 2.75) is 51.1 Å². The average molecular weight is 372 g/mol. The van der Waals surface area contributed by atoms with Gasteiger partial charge in [0.05, 0.1) is 16.3 Å². The van der Waals surface area contributed by atoms with Gasteiger partial charge in [-0.1, -0.05) is 49.8 Å². The minimum atomic E-state index is -0.255. The average Bonchev–Trinajstić information content (AvgIpc) is 3.16. The third-order valence-electron chi connectivity index (χ3n) is 3.96. The van der Waals surface area contributed by atoms with E-state index >= 15 is 0 Å². The van der Waals surface area contributed by atoms with Gasteiger partial charge in [0, 0.05) is 12.6 Å². The van der Waals surface area contributed by atoms with Gasteiger partial charge in [0.15, 0.2) is 11.0 Å². The molecule has 2 heterocycles.